The summed E-state index contributed by atoms with van der Waals surface area (Å²) < 4.78 is 24.3. The van der Waals surface area contributed by atoms with E-state index in [1.807, 2.05) is 6.92 Å². The van der Waals surface area contributed by atoms with Gasteiger partial charge in [0.15, 0.2) is 6.61 Å². The molecule has 0 heterocycles. The predicted molar refractivity (Wildman–Crippen MR) is 120 cm³/mol. The van der Waals surface area contributed by atoms with Gasteiger partial charge in [-0.3, -0.25) is 9.59 Å². The van der Waals surface area contributed by atoms with Gasteiger partial charge in [-0.1, -0.05) is 29.3 Å². The van der Waals surface area contributed by atoms with E-state index in [1.54, 1.807) is 30.3 Å². The molecule has 9 heteroatoms. The number of hydrogen-bond acceptors (Lipinski definition) is 4. The Bertz CT molecular complexity index is 1030. The first-order chi connectivity index (χ1) is 15.2. The van der Waals surface area contributed by atoms with E-state index in [0.29, 0.717) is 36.6 Å². The van der Waals surface area contributed by atoms with Crippen LogP contribution in [0.15, 0.2) is 54.2 Å². The summed E-state index contributed by atoms with van der Waals surface area (Å²) in [6.07, 6.45) is 3.14. The van der Waals surface area contributed by atoms with E-state index >= 15 is 0 Å². The molecule has 1 atom stereocenters. The summed E-state index contributed by atoms with van der Waals surface area (Å²) >= 11 is 11.5. The topological polar surface area (TPSA) is 76.7 Å². The van der Waals surface area contributed by atoms with Crippen molar-refractivity contribution in [1.82, 2.24) is 10.6 Å². The summed E-state index contributed by atoms with van der Waals surface area (Å²) in [5.41, 5.74) is 0.165. The molecule has 0 radical (unpaired) electrons. The molecule has 32 heavy (non-hydrogen) atoms. The van der Waals surface area contributed by atoms with Gasteiger partial charge in [-0.05, 0) is 49.8 Å². The summed E-state index contributed by atoms with van der Waals surface area (Å²) in [5.74, 6) is -0.218. The smallest absolute Gasteiger partial charge is 0.258 e. The minimum atomic E-state index is -0.616. The number of amides is 2. The fraction of sp³-hybridized carbons (Fsp3) is 0.304. The Morgan fingerprint density at radius 3 is 2.56 bits per heavy atom. The lowest BCUT2D eigenvalue weighted by atomic mass is 9.84. The van der Waals surface area contributed by atoms with Crippen LogP contribution in [0.3, 0.4) is 0 Å². The zero-order valence-electron chi connectivity index (χ0n) is 17.4. The molecular weight excluding hydrogens is 458 g/mol. The first-order valence-electron chi connectivity index (χ1n) is 10.0. The minimum absolute atomic E-state index is 0.0165. The third-order valence-electron chi connectivity index (χ3n) is 4.65. The van der Waals surface area contributed by atoms with Crippen LogP contribution < -0.4 is 20.1 Å². The van der Waals surface area contributed by atoms with E-state index in [-0.39, 0.29) is 29.2 Å². The predicted octanol–water partition coefficient (Wildman–Crippen LogP) is 4.65. The van der Waals surface area contributed by atoms with Gasteiger partial charge in [0.25, 0.3) is 5.91 Å². The van der Waals surface area contributed by atoms with E-state index in [4.69, 9.17) is 32.7 Å². The molecule has 1 aliphatic carbocycles. The van der Waals surface area contributed by atoms with Crippen LogP contribution in [0.2, 0.25) is 10.0 Å². The van der Waals surface area contributed by atoms with E-state index in [0.717, 1.165) is 11.8 Å². The standard InChI is InChI=1S/C23H23Cl2FN2O4/c1-23(28-22(30)14-32-18-7-8-19(25)20(26)11-18)12-16(13-23)27-21(29)6-3-9-31-17-5-2-4-15(24)10-17/h2,4-5,7-8,10-12H,3,6,9,13-14H2,1H3,(H,27,29)(H,28,30). The number of ether oxygens (including phenoxy) is 2. The highest BCUT2D eigenvalue weighted by Gasteiger charge is 2.34. The number of carbonyl (C=O) groups excluding carboxylic acids is 2. The summed E-state index contributed by atoms with van der Waals surface area (Å²) in [6, 6.07) is 11.0. The van der Waals surface area contributed by atoms with Gasteiger partial charge < -0.3 is 20.1 Å². The SMILES string of the molecule is CC1(NC(=O)COc2ccc(Cl)c(F)c2)C=C(NC(=O)CCCOc2cccc(Cl)c2)C1. The number of nitrogens with one attached hydrogen (secondary N) is 2. The van der Waals surface area contributed by atoms with Crippen molar-refractivity contribution in [3.8, 4) is 11.5 Å². The molecule has 0 saturated carbocycles. The van der Waals surface area contributed by atoms with Crippen molar-refractivity contribution in [3.05, 3.63) is 70.1 Å². The molecule has 2 amide bonds. The van der Waals surface area contributed by atoms with Crippen LogP contribution in [-0.2, 0) is 9.59 Å². The van der Waals surface area contributed by atoms with Crippen LogP contribution in [0.5, 0.6) is 11.5 Å². The van der Waals surface area contributed by atoms with Gasteiger partial charge in [0.2, 0.25) is 5.91 Å². The zero-order valence-corrected chi connectivity index (χ0v) is 18.9. The largest absolute Gasteiger partial charge is 0.494 e. The molecule has 0 spiro atoms. The van der Waals surface area contributed by atoms with Gasteiger partial charge in [0.1, 0.15) is 17.3 Å². The second kappa shape index (κ2) is 10.7. The van der Waals surface area contributed by atoms with Crippen molar-refractivity contribution in [1.29, 1.82) is 0 Å². The molecule has 0 bridgehead atoms. The Hall–Kier alpha value is -2.77. The second-order valence-corrected chi connectivity index (χ2v) is 8.48. The van der Waals surface area contributed by atoms with Gasteiger partial charge >= 0.3 is 0 Å². The molecule has 2 aromatic carbocycles. The number of rotatable bonds is 10. The number of halogens is 3. The fourth-order valence-corrected chi connectivity index (χ4v) is 3.50. The number of benzene rings is 2. The maximum absolute atomic E-state index is 13.4. The lowest BCUT2D eigenvalue weighted by Crippen LogP contribution is -2.53. The molecule has 0 aromatic heterocycles. The maximum atomic E-state index is 13.4. The Balaban J connectivity index is 1.34. The van der Waals surface area contributed by atoms with Crippen LogP contribution >= 0.6 is 23.2 Å². The van der Waals surface area contributed by atoms with Gasteiger partial charge in [0.05, 0.1) is 17.2 Å². The fourth-order valence-electron chi connectivity index (χ4n) is 3.20. The average Bonchev–Trinajstić information content (AvgIpc) is 2.71. The zero-order chi connectivity index (χ0) is 23.1. The summed E-state index contributed by atoms with van der Waals surface area (Å²) in [4.78, 5) is 24.2. The van der Waals surface area contributed by atoms with Crippen molar-refractivity contribution >= 4 is 35.0 Å². The quantitative estimate of drug-likeness (QED) is 0.485. The van der Waals surface area contributed by atoms with E-state index in [9.17, 15) is 14.0 Å². The van der Waals surface area contributed by atoms with Crippen molar-refractivity contribution < 1.29 is 23.5 Å². The molecule has 1 aliphatic rings. The molecule has 2 aromatic rings. The highest BCUT2D eigenvalue weighted by Crippen LogP contribution is 2.28. The molecule has 0 saturated heterocycles. The molecule has 1 unspecified atom stereocenters. The normalized spacial score (nSPS) is 17.1. The highest BCUT2D eigenvalue weighted by atomic mass is 35.5. The average molecular weight is 481 g/mol. The first kappa shape index (κ1) is 23.9. The third kappa shape index (κ3) is 7.14. The molecule has 0 fully saturated rings. The maximum Gasteiger partial charge on any atom is 0.258 e. The van der Waals surface area contributed by atoms with Crippen LogP contribution in [-0.4, -0.2) is 30.6 Å². The van der Waals surface area contributed by atoms with Crippen molar-refractivity contribution in [2.45, 2.75) is 31.7 Å². The van der Waals surface area contributed by atoms with Crippen LogP contribution in [0.25, 0.3) is 0 Å². The van der Waals surface area contributed by atoms with Gasteiger partial charge in [0, 0.05) is 29.6 Å². The van der Waals surface area contributed by atoms with Crippen LogP contribution in [0, 0.1) is 5.82 Å². The van der Waals surface area contributed by atoms with Crippen LogP contribution in [0.1, 0.15) is 26.2 Å². The second-order valence-electron chi connectivity index (χ2n) is 7.63. The molecule has 170 valence electrons. The Morgan fingerprint density at radius 2 is 1.84 bits per heavy atom. The van der Waals surface area contributed by atoms with Crippen molar-refractivity contribution in [2.24, 2.45) is 0 Å². The van der Waals surface area contributed by atoms with Crippen molar-refractivity contribution in [3.63, 3.8) is 0 Å². The third-order valence-corrected chi connectivity index (χ3v) is 5.19. The van der Waals surface area contributed by atoms with E-state index in [2.05, 4.69) is 10.6 Å². The summed E-state index contributed by atoms with van der Waals surface area (Å²) in [6.45, 7) is 1.97. The van der Waals surface area contributed by atoms with Crippen LogP contribution in [0.4, 0.5) is 4.39 Å². The van der Waals surface area contributed by atoms with Gasteiger partial charge in [-0.15, -0.1) is 0 Å². The van der Waals surface area contributed by atoms with Crippen molar-refractivity contribution in [2.75, 3.05) is 13.2 Å². The van der Waals surface area contributed by atoms with Gasteiger partial charge in [-0.2, -0.15) is 0 Å². The van der Waals surface area contributed by atoms with Gasteiger partial charge in [-0.25, -0.2) is 4.39 Å². The Kier molecular flexibility index (Phi) is 7.99. The molecule has 0 aliphatic heterocycles. The Morgan fingerprint density at radius 1 is 1.09 bits per heavy atom. The number of hydrogen-bond donors (Lipinski definition) is 2. The highest BCUT2D eigenvalue weighted by molar-refractivity contribution is 6.31. The van der Waals surface area contributed by atoms with E-state index in [1.165, 1.54) is 12.1 Å². The minimum Gasteiger partial charge on any atom is -0.494 e. The summed E-state index contributed by atoms with van der Waals surface area (Å²) in [7, 11) is 0. The lowest BCUT2D eigenvalue weighted by Gasteiger charge is -2.37. The lowest BCUT2D eigenvalue weighted by molar-refractivity contribution is -0.124. The molecular formula is C23H23Cl2FN2O4. The first-order valence-corrected chi connectivity index (χ1v) is 10.8. The monoisotopic (exact) mass is 480 g/mol. The molecule has 2 N–H and O–H groups in total. The van der Waals surface area contributed by atoms with E-state index < -0.39 is 11.4 Å². The molecule has 3 rings (SSSR count). The molecule has 6 nitrogen and oxygen atoms in total. The Labute approximate surface area is 195 Å². The summed E-state index contributed by atoms with van der Waals surface area (Å²) in [5, 5.41) is 6.23. The number of carbonyl (C=O) groups is 2.